The lowest BCUT2D eigenvalue weighted by molar-refractivity contribution is 0.397. The molecule has 3 N–H and O–H groups in total. The highest BCUT2D eigenvalue weighted by Gasteiger charge is 1.92. The largest absolute Gasteiger partial charge is 0.481 e. The van der Waals surface area contributed by atoms with Crippen LogP contribution in [0.5, 0.6) is 5.88 Å². The Bertz CT molecular complexity index is 627. The third-order valence-electron chi connectivity index (χ3n) is 2.62. The highest BCUT2D eigenvalue weighted by Crippen LogP contribution is 2.05. The molecule has 7 nitrogen and oxygen atoms in total. The topological polar surface area (TPSA) is 103 Å². The van der Waals surface area contributed by atoms with E-state index in [-0.39, 0.29) is 13.0 Å². The van der Waals surface area contributed by atoms with E-state index in [9.17, 15) is 4.79 Å². The van der Waals surface area contributed by atoms with Gasteiger partial charge in [0.15, 0.2) is 0 Å². The van der Waals surface area contributed by atoms with E-state index in [1.807, 2.05) is 26.2 Å². The smallest absolute Gasteiger partial charge is 0.247 e. The minimum Gasteiger partial charge on any atom is -0.481 e. The summed E-state index contributed by atoms with van der Waals surface area (Å²) in [6.45, 7) is 3.06. The van der Waals surface area contributed by atoms with Crippen LogP contribution in [0.3, 0.4) is 0 Å². The molecule has 0 amide bonds. The fourth-order valence-corrected chi connectivity index (χ4v) is 1.60. The predicted octanol–water partition coefficient (Wildman–Crippen LogP) is 2.07. The van der Waals surface area contributed by atoms with Gasteiger partial charge >= 0.3 is 0 Å². The van der Waals surface area contributed by atoms with Crippen LogP contribution in [-0.2, 0) is 13.1 Å². The van der Waals surface area contributed by atoms with E-state index in [0.29, 0.717) is 5.88 Å². The number of nitrogens with zero attached hydrogens (tertiary/aromatic N) is 2. The Balaban J connectivity index is 0. The fraction of sp³-hybridized carbons (Fsp3) is 0.389. The van der Waals surface area contributed by atoms with Crippen molar-refractivity contribution >= 4 is 0 Å². The minimum absolute atomic E-state index is 0. The van der Waals surface area contributed by atoms with Gasteiger partial charge in [0.2, 0.25) is 11.4 Å². The summed E-state index contributed by atoms with van der Waals surface area (Å²) in [5, 5.41) is 13.3. The van der Waals surface area contributed by atoms with Gasteiger partial charge in [0.05, 0.1) is 13.2 Å². The van der Waals surface area contributed by atoms with Crippen LogP contribution in [0.25, 0.3) is 0 Å². The van der Waals surface area contributed by atoms with Crippen LogP contribution < -0.4 is 20.9 Å². The molecule has 138 valence electrons. The van der Waals surface area contributed by atoms with Crippen LogP contribution in [0.15, 0.2) is 41.5 Å². The second-order valence-corrected chi connectivity index (χ2v) is 4.55. The van der Waals surface area contributed by atoms with Gasteiger partial charge in [-0.2, -0.15) is 5.26 Å². The molecule has 0 unspecified atom stereocenters. The van der Waals surface area contributed by atoms with Gasteiger partial charge in [-0.15, -0.1) is 0 Å². The molecule has 0 aromatic carbocycles. The molecule has 7 heteroatoms. The van der Waals surface area contributed by atoms with Gasteiger partial charge in [0, 0.05) is 44.5 Å². The van der Waals surface area contributed by atoms with Crippen molar-refractivity contribution in [2.75, 3.05) is 21.2 Å². The highest BCUT2D eigenvalue weighted by atomic mass is 16.5. The zero-order chi connectivity index (χ0) is 18.2. The predicted molar refractivity (Wildman–Crippen MR) is 101 cm³/mol. The molecule has 2 heterocycles. The first-order valence-electron chi connectivity index (χ1n) is 7.37. The van der Waals surface area contributed by atoms with Crippen LogP contribution in [0.2, 0.25) is 0 Å². The summed E-state index contributed by atoms with van der Waals surface area (Å²) in [6, 6.07) is 8.91. The van der Waals surface area contributed by atoms with E-state index in [2.05, 4.69) is 20.6 Å². The van der Waals surface area contributed by atoms with Gasteiger partial charge in [-0.25, -0.2) is 4.98 Å². The maximum atomic E-state index is 10.5. The summed E-state index contributed by atoms with van der Waals surface area (Å²) in [5.41, 5.74) is 2.19. The number of nitriles is 1. The first-order valence-corrected chi connectivity index (χ1v) is 7.37. The number of hydrogen-bond acceptors (Lipinski definition) is 6. The summed E-state index contributed by atoms with van der Waals surface area (Å²) in [7, 11) is 5.38. The Kier molecular flexibility index (Phi) is 15.9. The highest BCUT2D eigenvalue weighted by molar-refractivity contribution is 5.17. The van der Waals surface area contributed by atoms with Gasteiger partial charge in [0.25, 0.3) is 0 Å². The SMILES string of the molecule is C.CC#N.CNCc1ccc(=O)[nH]c1.CNCc1ccc(OC)nc1. The molecule has 2 aromatic heterocycles. The van der Waals surface area contributed by atoms with Crippen molar-refractivity contribution in [3.8, 4) is 11.9 Å². The quantitative estimate of drug-likeness (QED) is 0.765. The maximum absolute atomic E-state index is 10.5. The number of hydrogen-bond donors (Lipinski definition) is 3. The first kappa shape index (κ1) is 24.6. The van der Waals surface area contributed by atoms with Crippen molar-refractivity contribution in [3.63, 3.8) is 0 Å². The molecule has 0 aliphatic heterocycles. The summed E-state index contributed by atoms with van der Waals surface area (Å²) >= 11 is 0. The van der Waals surface area contributed by atoms with Crippen LogP contribution in [0.1, 0.15) is 25.5 Å². The van der Waals surface area contributed by atoms with Crippen molar-refractivity contribution in [2.24, 2.45) is 0 Å². The zero-order valence-electron chi connectivity index (χ0n) is 14.6. The van der Waals surface area contributed by atoms with E-state index in [4.69, 9.17) is 10.00 Å². The monoisotopic (exact) mass is 347 g/mol. The Morgan fingerprint density at radius 1 is 1.16 bits per heavy atom. The molecule has 0 atom stereocenters. The van der Waals surface area contributed by atoms with Gasteiger partial charge in [-0.3, -0.25) is 4.79 Å². The van der Waals surface area contributed by atoms with Crippen molar-refractivity contribution in [3.05, 3.63) is 58.1 Å². The molecule has 0 saturated heterocycles. The minimum atomic E-state index is -0.0557. The van der Waals surface area contributed by atoms with Crippen molar-refractivity contribution in [1.29, 1.82) is 5.26 Å². The summed E-state index contributed by atoms with van der Waals surface area (Å²) < 4.78 is 4.92. The van der Waals surface area contributed by atoms with Crippen molar-refractivity contribution in [2.45, 2.75) is 27.4 Å². The van der Waals surface area contributed by atoms with Crippen molar-refractivity contribution in [1.82, 2.24) is 20.6 Å². The van der Waals surface area contributed by atoms with E-state index in [1.54, 1.807) is 31.6 Å². The number of aromatic nitrogens is 2. The Hall–Kier alpha value is -2.69. The molecule has 2 aromatic rings. The van der Waals surface area contributed by atoms with Gasteiger partial charge in [-0.05, 0) is 25.2 Å². The second-order valence-electron chi connectivity index (χ2n) is 4.55. The molecule has 0 fully saturated rings. The molecule has 0 spiro atoms. The number of aromatic amines is 1. The number of nitrogens with one attached hydrogen (secondary N) is 3. The Morgan fingerprint density at radius 3 is 2.12 bits per heavy atom. The van der Waals surface area contributed by atoms with Gasteiger partial charge in [0.1, 0.15) is 0 Å². The Morgan fingerprint density at radius 2 is 1.72 bits per heavy atom. The van der Waals surface area contributed by atoms with E-state index >= 15 is 0 Å². The average molecular weight is 347 g/mol. The molecule has 0 aliphatic carbocycles. The maximum Gasteiger partial charge on any atom is 0.247 e. The lowest BCUT2D eigenvalue weighted by atomic mass is 10.3. The molecule has 25 heavy (non-hydrogen) atoms. The van der Waals surface area contributed by atoms with Crippen LogP contribution >= 0.6 is 0 Å². The number of pyridine rings is 2. The molecule has 0 saturated carbocycles. The third-order valence-corrected chi connectivity index (χ3v) is 2.62. The Labute approximate surface area is 150 Å². The van der Waals surface area contributed by atoms with Gasteiger partial charge < -0.3 is 20.4 Å². The van der Waals surface area contributed by atoms with Crippen LogP contribution in [-0.4, -0.2) is 31.2 Å². The van der Waals surface area contributed by atoms with E-state index in [0.717, 1.165) is 24.2 Å². The standard InChI is InChI=1S/C8H12N2O.C7H10N2O.C2H3N.CH4/c1-9-5-7-3-4-8(11-2)10-6-7;1-8-4-6-2-3-7(10)9-5-6;1-2-3;/h3-4,6,9H,5H2,1-2H3;2-3,5,8H,4H2,1H3,(H,9,10);1H3;1H4. The van der Waals surface area contributed by atoms with Crippen molar-refractivity contribution < 1.29 is 4.74 Å². The zero-order valence-corrected chi connectivity index (χ0v) is 14.6. The summed E-state index contributed by atoms with van der Waals surface area (Å²) in [4.78, 5) is 17.2. The lowest BCUT2D eigenvalue weighted by Gasteiger charge is -2.00. The van der Waals surface area contributed by atoms with Gasteiger partial charge in [-0.1, -0.05) is 19.6 Å². The lowest BCUT2D eigenvalue weighted by Crippen LogP contribution is -2.08. The molecule has 0 bridgehead atoms. The van der Waals surface area contributed by atoms with E-state index in [1.165, 1.54) is 13.0 Å². The average Bonchev–Trinajstić information content (AvgIpc) is 2.59. The number of ether oxygens (including phenoxy) is 1. The molecular formula is C18H29N5O2. The number of H-pyrrole nitrogens is 1. The summed E-state index contributed by atoms with van der Waals surface area (Å²) in [6.07, 6.45) is 3.51. The molecule has 2 rings (SSSR count). The normalized spacial score (nSPS) is 8.44. The summed E-state index contributed by atoms with van der Waals surface area (Å²) in [5.74, 6) is 0.657. The van der Waals surface area contributed by atoms with Crippen LogP contribution in [0, 0.1) is 11.3 Å². The molecule has 0 radical (unpaired) electrons. The molecule has 0 aliphatic rings. The van der Waals surface area contributed by atoms with Crippen LogP contribution in [0.4, 0.5) is 0 Å². The second kappa shape index (κ2) is 16.2. The molecular weight excluding hydrogens is 318 g/mol. The first-order chi connectivity index (χ1) is 11.6. The fourth-order valence-electron chi connectivity index (χ4n) is 1.60. The third kappa shape index (κ3) is 12.4. The number of methoxy groups -OCH3 is 1. The van der Waals surface area contributed by atoms with E-state index < -0.39 is 0 Å². The number of rotatable bonds is 5.